The van der Waals surface area contributed by atoms with E-state index >= 15 is 0 Å². The van der Waals surface area contributed by atoms with Crippen molar-refractivity contribution >= 4 is 17.1 Å². The highest BCUT2D eigenvalue weighted by Gasteiger charge is 2.24. The Morgan fingerprint density at radius 2 is 2.00 bits per heavy atom. The Labute approximate surface area is 125 Å². The van der Waals surface area contributed by atoms with Crippen LogP contribution in [0.1, 0.15) is 55.7 Å². The summed E-state index contributed by atoms with van der Waals surface area (Å²) in [7, 11) is 0. The van der Waals surface area contributed by atoms with E-state index in [4.69, 9.17) is 5.11 Å². The van der Waals surface area contributed by atoms with Crippen LogP contribution in [0.25, 0.3) is 11.2 Å². The highest BCUT2D eigenvalue weighted by atomic mass is 16.4. The number of aromatic amines is 1. The monoisotopic (exact) mass is 306 g/mol. The fourth-order valence-corrected chi connectivity index (χ4v) is 3.18. The van der Waals surface area contributed by atoms with Gasteiger partial charge in [-0.15, -0.1) is 0 Å². The van der Waals surface area contributed by atoms with Crippen molar-refractivity contribution in [2.24, 2.45) is 0 Å². The first-order valence-corrected chi connectivity index (χ1v) is 7.53. The third-order valence-corrected chi connectivity index (χ3v) is 4.27. The number of hydrogen-bond acceptors (Lipinski definition) is 4. The molecular formula is C14H18N4O4. The van der Waals surface area contributed by atoms with Crippen LogP contribution in [0.5, 0.6) is 0 Å². The van der Waals surface area contributed by atoms with Crippen molar-refractivity contribution < 1.29 is 9.90 Å². The van der Waals surface area contributed by atoms with E-state index in [1.165, 1.54) is 4.57 Å². The molecule has 0 unspecified atom stereocenters. The van der Waals surface area contributed by atoms with Crippen molar-refractivity contribution in [1.29, 1.82) is 0 Å². The van der Waals surface area contributed by atoms with Gasteiger partial charge in [0.15, 0.2) is 11.2 Å². The van der Waals surface area contributed by atoms with Crippen molar-refractivity contribution in [3.8, 4) is 0 Å². The average molecular weight is 306 g/mol. The van der Waals surface area contributed by atoms with Crippen molar-refractivity contribution in [2.75, 3.05) is 0 Å². The first-order chi connectivity index (χ1) is 10.5. The van der Waals surface area contributed by atoms with Crippen LogP contribution in [0.3, 0.4) is 0 Å². The van der Waals surface area contributed by atoms with Gasteiger partial charge in [0.25, 0.3) is 5.56 Å². The van der Waals surface area contributed by atoms with E-state index in [2.05, 4.69) is 9.97 Å². The Morgan fingerprint density at radius 1 is 1.32 bits per heavy atom. The van der Waals surface area contributed by atoms with Gasteiger partial charge in [0.2, 0.25) is 5.82 Å². The van der Waals surface area contributed by atoms with Crippen molar-refractivity contribution in [1.82, 2.24) is 19.1 Å². The molecule has 2 heterocycles. The third kappa shape index (κ3) is 2.15. The summed E-state index contributed by atoms with van der Waals surface area (Å²) < 4.78 is 2.63. The van der Waals surface area contributed by atoms with E-state index in [-0.39, 0.29) is 29.6 Å². The summed E-state index contributed by atoms with van der Waals surface area (Å²) >= 11 is 0. The minimum atomic E-state index is -1.25. The van der Waals surface area contributed by atoms with Gasteiger partial charge in [0.1, 0.15) is 0 Å². The Hall–Kier alpha value is -2.38. The van der Waals surface area contributed by atoms with Crippen molar-refractivity contribution in [3.05, 3.63) is 26.7 Å². The standard InChI is InChI=1S/C14H18N4O4/c1-2-17-12(19)9-11(16-10(15-9)13(20)21)18(14(17)22)8-6-4-3-5-7-8/h8H,2-7H2,1H3,(H,15,16)(H,20,21). The maximum Gasteiger partial charge on any atom is 0.371 e. The minimum absolute atomic E-state index is 0.0351. The summed E-state index contributed by atoms with van der Waals surface area (Å²) in [5.41, 5.74) is -0.682. The highest BCUT2D eigenvalue weighted by molar-refractivity contribution is 5.87. The molecule has 0 aliphatic heterocycles. The number of H-pyrrole nitrogens is 1. The number of aromatic nitrogens is 4. The number of carbonyl (C=O) groups is 1. The predicted molar refractivity (Wildman–Crippen MR) is 79.4 cm³/mol. The molecule has 0 spiro atoms. The van der Waals surface area contributed by atoms with Gasteiger partial charge in [-0.3, -0.25) is 13.9 Å². The number of aromatic carboxylic acids is 1. The van der Waals surface area contributed by atoms with Gasteiger partial charge in [-0.1, -0.05) is 19.3 Å². The molecule has 8 heteroatoms. The molecule has 0 atom stereocenters. The van der Waals surface area contributed by atoms with Gasteiger partial charge < -0.3 is 10.1 Å². The van der Waals surface area contributed by atoms with Crippen molar-refractivity contribution in [3.63, 3.8) is 0 Å². The number of hydrogen-bond donors (Lipinski definition) is 2. The first kappa shape index (κ1) is 14.6. The van der Waals surface area contributed by atoms with Crippen molar-refractivity contribution in [2.45, 2.75) is 51.6 Å². The number of imidazole rings is 1. The van der Waals surface area contributed by atoms with Crippen LogP contribution >= 0.6 is 0 Å². The molecular weight excluding hydrogens is 288 g/mol. The van der Waals surface area contributed by atoms with E-state index < -0.39 is 17.2 Å². The zero-order chi connectivity index (χ0) is 15.9. The smallest absolute Gasteiger partial charge is 0.371 e. The normalized spacial score (nSPS) is 16.2. The predicted octanol–water partition coefficient (Wildman–Crippen LogP) is 1.11. The van der Waals surface area contributed by atoms with Crippen LogP contribution in [-0.2, 0) is 6.54 Å². The molecule has 0 aromatic carbocycles. The molecule has 22 heavy (non-hydrogen) atoms. The fraction of sp³-hybridized carbons (Fsp3) is 0.571. The molecule has 2 aromatic heterocycles. The number of carboxylic acid groups (broad SMARTS) is 1. The van der Waals surface area contributed by atoms with Gasteiger partial charge >= 0.3 is 11.7 Å². The zero-order valence-electron chi connectivity index (χ0n) is 12.3. The highest BCUT2D eigenvalue weighted by Crippen LogP contribution is 2.28. The van der Waals surface area contributed by atoms with Gasteiger partial charge in [-0.05, 0) is 19.8 Å². The third-order valence-electron chi connectivity index (χ3n) is 4.27. The quantitative estimate of drug-likeness (QED) is 0.882. The molecule has 118 valence electrons. The largest absolute Gasteiger partial charge is 0.475 e. The lowest BCUT2D eigenvalue weighted by Crippen LogP contribution is -2.41. The van der Waals surface area contributed by atoms with Gasteiger partial charge in [0.05, 0.1) is 0 Å². The summed E-state index contributed by atoms with van der Waals surface area (Å²) in [6, 6.07) is -0.0351. The number of rotatable bonds is 3. The van der Waals surface area contributed by atoms with Gasteiger partial charge in [0, 0.05) is 12.6 Å². The van der Waals surface area contributed by atoms with E-state index in [1.807, 2.05) is 0 Å². The van der Waals surface area contributed by atoms with Crippen LogP contribution in [-0.4, -0.2) is 30.2 Å². The first-order valence-electron chi connectivity index (χ1n) is 7.53. The maximum atomic E-state index is 12.6. The summed E-state index contributed by atoms with van der Waals surface area (Å²) in [6.07, 6.45) is 4.83. The number of nitrogens with zero attached hydrogens (tertiary/aromatic N) is 3. The average Bonchev–Trinajstić information content (AvgIpc) is 2.94. The van der Waals surface area contributed by atoms with E-state index in [1.54, 1.807) is 6.92 Å². The maximum absolute atomic E-state index is 12.6. The molecule has 0 saturated heterocycles. The second-order valence-corrected chi connectivity index (χ2v) is 5.58. The summed E-state index contributed by atoms with van der Waals surface area (Å²) in [4.78, 5) is 42.6. The van der Waals surface area contributed by atoms with Crippen LogP contribution in [0.4, 0.5) is 0 Å². The molecule has 1 aliphatic carbocycles. The fourth-order valence-electron chi connectivity index (χ4n) is 3.18. The molecule has 1 saturated carbocycles. The molecule has 0 radical (unpaired) electrons. The number of fused-ring (bicyclic) bond motifs is 1. The topological polar surface area (TPSA) is 110 Å². The lowest BCUT2D eigenvalue weighted by Gasteiger charge is -2.24. The van der Waals surface area contributed by atoms with E-state index in [9.17, 15) is 14.4 Å². The van der Waals surface area contributed by atoms with Gasteiger partial charge in [-0.25, -0.2) is 14.6 Å². The molecule has 0 amide bonds. The van der Waals surface area contributed by atoms with Crippen LogP contribution in [0.15, 0.2) is 9.59 Å². The second kappa shape index (κ2) is 5.43. The molecule has 2 N–H and O–H groups in total. The molecule has 2 aromatic rings. The van der Waals surface area contributed by atoms with E-state index in [0.717, 1.165) is 36.7 Å². The van der Waals surface area contributed by atoms with Gasteiger partial charge in [-0.2, -0.15) is 0 Å². The molecule has 3 rings (SSSR count). The Kier molecular flexibility index (Phi) is 3.59. The Balaban J connectivity index is 2.34. The minimum Gasteiger partial charge on any atom is -0.475 e. The number of nitrogens with one attached hydrogen (secondary N) is 1. The van der Waals surface area contributed by atoms with E-state index in [0.29, 0.717) is 0 Å². The Morgan fingerprint density at radius 3 is 2.59 bits per heavy atom. The lowest BCUT2D eigenvalue weighted by atomic mass is 9.95. The van der Waals surface area contributed by atoms with Crippen LogP contribution in [0.2, 0.25) is 0 Å². The van der Waals surface area contributed by atoms with Crippen LogP contribution < -0.4 is 11.2 Å². The summed E-state index contributed by atoms with van der Waals surface area (Å²) in [5, 5.41) is 9.08. The molecule has 1 fully saturated rings. The van der Waals surface area contributed by atoms with Crippen LogP contribution in [0, 0.1) is 0 Å². The molecule has 0 bridgehead atoms. The lowest BCUT2D eigenvalue weighted by molar-refractivity contribution is 0.0685. The molecule has 1 aliphatic rings. The SMILES string of the molecule is CCn1c(=O)c2[nH]c(C(=O)O)nc2n(C2CCCCC2)c1=O. The summed E-state index contributed by atoms with van der Waals surface area (Å²) in [5.74, 6) is -1.56. The number of carboxylic acids is 1. The zero-order valence-corrected chi connectivity index (χ0v) is 12.3. The molecule has 8 nitrogen and oxygen atoms in total. The Bertz CT molecular complexity index is 839. The second-order valence-electron chi connectivity index (χ2n) is 5.58. The summed E-state index contributed by atoms with van der Waals surface area (Å²) in [6.45, 7) is 1.95.